The van der Waals surface area contributed by atoms with E-state index < -0.39 is 5.54 Å². The van der Waals surface area contributed by atoms with Crippen molar-refractivity contribution in [3.05, 3.63) is 35.9 Å². The lowest BCUT2D eigenvalue weighted by atomic mass is 9.95. The number of rotatable bonds is 5. The molecule has 136 valence electrons. The van der Waals surface area contributed by atoms with E-state index in [-0.39, 0.29) is 18.0 Å². The molecule has 6 heteroatoms. The molecule has 6 nitrogen and oxygen atoms in total. The summed E-state index contributed by atoms with van der Waals surface area (Å²) in [5.74, 6) is 0.0496. The van der Waals surface area contributed by atoms with Crippen molar-refractivity contribution in [2.24, 2.45) is 0 Å². The molecule has 0 bridgehead atoms. The molecule has 2 aliphatic rings. The van der Waals surface area contributed by atoms with Crippen LogP contribution >= 0.6 is 0 Å². The molecule has 3 rings (SSSR count). The van der Waals surface area contributed by atoms with Crippen molar-refractivity contribution in [2.45, 2.75) is 50.2 Å². The molecule has 25 heavy (non-hydrogen) atoms. The van der Waals surface area contributed by atoms with E-state index >= 15 is 0 Å². The molecule has 1 heterocycles. The van der Waals surface area contributed by atoms with Gasteiger partial charge in [-0.2, -0.15) is 0 Å². The van der Waals surface area contributed by atoms with E-state index in [1.807, 2.05) is 42.3 Å². The van der Waals surface area contributed by atoms with Crippen LogP contribution in [0.1, 0.15) is 37.7 Å². The van der Waals surface area contributed by atoms with Gasteiger partial charge < -0.3 is 20.9 Å². The van der Waals surface area contributed by atoms with Crippen LogP contribution in [0.4, 0.5) is 4.79 Å². The van der Waals surface area contributed by atoms with Crippen molar-refractivity contribution >= 4 is 11.9 Å². The Kier molecular flexibility index (Phi) is 5.58. The number of carbonyl (C=O) groups excluding carboxylic acids is 2. The van der Waals surface area contributed by atoms with Gasteiger partial charge in [0.1, 0.15) is 5.54 Å². The van der Waals surface area contributed by atoms with Crippen molar-refractivity contribution in [3.63, 3.8) is 0 Å². The Morgan fingerprint density at radius 1 is 1.24 bits per heavy atom. The van der Waals surface area contributed by atoms with Gasteiger partial charge in [0.05, 0.1) is 0 Å². The molecule has 3 N–H and O–H groups in total. The first-order valence-corrected chi connectivity index (χ1v) is 9.19. The summed E-state index contributed by atoms with van der Waals surface area (Å²) in [5, 5.41) is 9.18. The SMILES string of the molecule is CN(C(=O)C1(NC(=O)NCc2ccccc2)CCCC1)C1CCNC1. The van der Waals surface area contributed by atoms with E-state index in [1.54, 1.807) is 0 Å². The van der Waals surface area contributed by atoms with Crippen LogP contribution in [0.2, 0.25) is 0 Å². The van der Waals surface area contributed by atoms with Gasteiger partial charge in [-0.1, -0.05) is 43.2 Å². The molecule has 1 saturated carbocycles. The van der Waals surface area contributed by atoms with Gasteiger partial charge in [-0.05, 0) is 31.4 Å². The van der Waals surface area contributed by atoms with Gasteiger partial charge in [-0.15, -0.1) is 0 Å². The van der Waals surface area contributed by atoms with Gasteiger partial charge in [0.15, 0.2) is 0 Å². The Balaban J connectivity index is 1.61. The van der Waals surface area contributed by atoms with Gasteiger partial charge in [0.2, 0.25) is 5.91 Å². The highest BCUT2D eigenvalue weighted by Gasteiger charge is 2.45. The number of likely N-dealkylation sites (N-methyl/N-ethyl adjacent to an activating group) is 1. The molecule has 1 aromatic rings. The number of nitrogens with one attached hydrogen (secondary N) is 3. The van der Waals surface area contributed by atoms with Crippen molar-refractivity contribution in [1.29, 1.82) is 0 Å². The van der Waals surface area contributed by atoms with Crippen molar-refractivity contribution in [1.82, 2.24) is 20.9 Å². The molecule has 0 radical (unpaired) electrons. The molecule has 1 atom stereocenters. The van der Waals surface area contributed by atoms with Crippen LogP contribution in [0.25, 0.3) is 0 Å². The first-order chi connectivity index (χ1) is 12.1. The topological polar surface area (TPSA) is 73.5 Å². The monoisotopic (exact) mass is 344 g/mol. The molecule has 1 aromatic carbocycles. The minimum absolute atomic E-state index is 0.0496. The van der Waals surface area contributed by atoms with Gasteiger partial charge >= 0.3 is 6.03 Å². The second kappa shape index (κ2) is 7.87. The normalized spacial score (nSPS) is 21.7. The highest BCUT2D eigenvalue weighted by Crippen LogP contribution is 2.32. The number of urea groups is 1. The van der Waals surface area contributed by atoms with Gasteiger partial charge in [-0.3, -0.25) is 4.79 Å². The largest absolute Gasteiger partial charge is 0.339 e. The first-order valence-electron chi connectivity index (χ1n) is 9.19. The van der Waals surface area contributed by atoms with E-state index in [1.165, 1.54) is 0 Å². The Morgan fingerprint density at radius 2 is 1.96 bits per heavy atom. The molecule has 1 aliphatic heterocycles. The minimum atomic E-state index is -0.752. The van der Waals surface area contributed by atoms with Crippen LogP contribution in [0.5, 0.6) is 0 Å². The average Bonchev–Trinajstić information content (AvgIpc) is 3.32. The zero-order chi connectivity index (χ0) is 17.7. The number of nitrogens with zero attached hydrogens (tertiary/aromatic N) is 1. The molecule has 1 unspecified atom stereocenters. The second-order valence-corrected chi connectivity index (χ2v) is 7.15. The zero-order valence-electron chi connectivity index (χ0n) is 14.9. The predicted octanol–water partition coefficient (Wildman–Crippen LogP) is 1.62. The van der Waals surface area contributed by atoms with Crippen LogP contribution in [0, 0.1) is 0 Å². The van der Waals surface area contributed by atoms with E-state index in [9.17, 15) is 9.59 Å². The summed E-state index contributed by atoms with van der Waals surface area (Å²) in [7, 11) is 1.86. The predicted molar refractivity (Wildman–Crippen MR) is 97.1 cm³/mol. The number of hydrogen-bond acceptors (Lipinski definition) is 3. The summed E-state index contributed by atoms with van der Waals surface area (Å²) in [6.07, 6.45) is 4.35. The molecular formula is C19H28N4O2. The highest BCUT2D eigenvalue weighted by molar-refractivity contribution is 5.91. The standard InChI is InChI=1S/C19H28N4O2/c1-23(16-9-12-20-14-16)17(24)19(10-5-6-11-19)22-18(25)21-13-15-7-3-2-4-8-15/h2-4,7-8,16,20H,5-6,9-14H2,1H3,(H2,21,22,25). The Hall–Kier alpha value is -2.08. The van der Waals surface area contributed by atoms with Crippen molar-refractivity contribution in [2.75, 3.05) is 20.1 Å². The van der Waals surface area contributed by atoms with Gasteiger partial charge in [0.25, 0.3) is 0 Å². The van der Waals surface area contributed by atoms with E-state index in [2.05, 4.69) is 16.0 Å². The Morgan fingerprint density at radius 3 is 2.60 bits per heavy atom. The molecule has 0 aromatic heterocycles. The highest BCUT2D eigenvalue weighted by atomic mass is 16.2. The Labute approximate surface area is 149 Å². The van der Waals surface area contributed by atoms with E-state index in [4.69, 9.17) is 0 Å². The lowest BCUT2D eigenvalue weighted by Crippen LogP contribution is -2.61. The first kappa shape index (κ1) is 17.7. The van der Waals surface area contributed by atoms with Gasteiger partial charge in [0, 0.05) is 26.2 Å². The van der Waals surface area contributed by atoms with Crippen molar-refractivity contribution in [3.8, 4) is 0 Å². The van der Waals surface area contributed by atoms with Crippen LogP contribution < -0.4 is 16.0 Å². The summed E-state index contributed by atoms with van der Waals surface area (Å²) in [6.45, 7) is 2.23. The third kappa shape index (κ3) is 4.12. The molecule has 3 amide bonds. The lowest BCUT2D eigenvalue weighted by molar-refractivity contribution is -0.138. The fourth-order valence-electron chi connectivity index (χ4n) is 3.88. The van der Waals surface area contributed by atoms with Crippen LogP contribution in [0.3, 0.4) is 0 Å². The number of hydrogen-bond donors (Lipinski definition) is 3. The average molecular weight is 344 g/mol. The zero-order valence-corrected chi connectivity index (χ0v) is 14.9. The summed E-state index contributed by atoms with van der Waals surface area (Å²) in [6, 6.07) is 9.73. The van der Waals surface area contributed by atoms with Crippen LogP contribution in [-0.2, 0) is 11.3 Å². The van der Waals surface area contributed by atoms with Crippen LogP contribution in [0.15, 0.2) is 30.3 Å². The second-order valence-electron chi connectivity index (χ2n) is 7.15. The quantitative estimate of drug-likeness (QED) is 0.760. The number of amides is 3. The Bertz CT molecular complexity index is 593. The summed E-state index contributed by atoms with van der Waals surface area (Å²) >= 11 is 0. The summed E-state index contributed by atoms with van der Waals surface area (Å²) in [5.41, 5.74) is 0.288. The number of carbonyl (C=O) groups is 2. The van der Waals surface area contributed by atoms with E-state index in [0.717, 1.165) is 50.8 Å². The minimum Gasteiger partial charge on any atom is -0.339 e. The fourth-order valence-corrected chi connectivity index (χ4v) is 3.88. The molecule has 1 saturated heterocycles. The maximum absolute atomic E-state index is 13.1. The third-order valence-electron chi connectivity index (χ3n) is 5.42. The molecule has 1 aliphatic carbocycles. The summed E-state index contributed by atoms with van der Waals surface area (Å²) in [4.78, 5) is 27.4. The van der Waals surface area contributed by atoms with Crippen molar-refractivity contribution < 1.29 is 9.59 Å². The fraction of sp³-hybridized carbons (Fsp3) is 0.579. The van der Waals surface area contributed by atoms with E-state index in [0.29, 0.717) is 6.54 Å². The van der Waals surface area contributed by atoms with Gasteiger partial charge in [-0.25, -0.2) is 4.79 Å². The smallest absolute Gasteiger partial charge is 0.315 e. The maximum atomic E-state index is 13.1. The molecular weight excluding hydrogens is 316 g/mol. The number of benzene rings is 1. The molecule has 0 spiro atoms. The lowest BCUT2D eigenvalue weighted by Gasteiger charge is -2.35. The summed E-state index contributed by atoms with van der Waals surface area (Å²) < 4.78 is 0. The van der Waals surface area contributed by atoms with Crippen LogP contribution in [-0.4, -0.2) is 48.6 Å². The third-order valence-corrected chi connectivity index (χ3v) is 5.42. The maximum Gasteiger partial charge on any atom is 0.315 e. The molecule has 2 fully saturated rings.